The van der Waals surface area contributed by atoms with Crippen molar-refractivity contribution in [1.29, 1.82) is 10.5 Å². The molecule has 5 rings (SSSR count). The van der Waals surface area contributed by atoms with Gasteiger partial charge in [0.1, 0.15) is 70.2 Å². The van der Waals surface area contributed by atoms with Gasteiger partial charge in [-0.05, 0) is 78.5 Å². The monoisotopic (exact) mass is 831 g/mol. The molecule has 3 atom stereocenters. The first-order chi connectivity index (χ1) is 27.1. The number of amides is 2. The fraction of sp³-hybridized carbons (Fsp3) is 0.439. The fourth-order valence-corrected chi connectivity index (χ4v) is 7.88. The number of pyridine rings is 1. The summed E-state index contributed by atoms with van der Waals surface area (Å²) < 4.78 is 16.3. The first-order valence-corrected chi connectivity index (χ1v) is 20.8. The number of carbonyl (C=O) groups excluding carboxylic acids is 3. The van der Waals surface area contributed by atoms with Crippen molar-refractivity contribution >= 4 is 64.1 Å². The van der Waals surface area contributed by atoms with Crippen LogP contribution in [-0.2, 0) is 24.8 Å². The van der Waals surface area contributed by atoms with Crippen LogP contribution in [0, 0.1) is 22.7 Å². The molecule has 0 saturated carbocycles. The summed E-state index contributed by atoms with van der Waals surface area (Å²) in [5.74, 6) is 0.284. The van der Waals surface area contributed by atoms with Gasteiger partial charge in [0.15, 0.2) is 0 Å². The molecule has 16 heteroatoms. The Hall–Kier alpha value is -5.09. The van der Waals surface area contributed by atoms with E-state index in [4.69, 9.17) is 35.8 Å². The largest absolute Gasteiger partial charge is 0.490 e. The lowest BCUT2D eigenvalue weighted by atomic mass is 9.96. The van der Waals surface area contributed by atoms with Crippen LogP contribution >= 0.6 is 34.7 Å². The Balaban J connectivity index is 1.23. The van der Waals surface area contributed by atoms with Crippen molar-refractivity contribution in [3.05, 3.63) is 69.7 Å². The molecule has 13 nitrogen and oxygen atoms in total. The zero-order valence-corrected chi connectivity index (χ0v) is 35.2. The van der Waals surface area contributed by atoms with Gasteiger partial charge in [-0.2, -0.15) is 10.5 Å². The van der Waals surface area contributed by atoms with Gasteiger partial charge >= 0.3 is 12.1 Å². The van der Waals surface area contributed by atoms with Crippen LogP contribution in [0.1, 0.15) is 82.6 Å². The number of ether oxygens (including phenoxy) is 3. The molecule has 0 radical (unpaired) electrons. The number of thioether (sulfide) groups is 1. The zero-order valence-electron chi connectivity index (χ0n) is 32.8. The van der Waals surface area contributed by atoms with Gasteiger partial charge in [-0.25, -0.2) is 19.6 Å². The average molecular weight is 832 g/mol. The number of alkyl halides is 1. The average Bonchev–Trinajstić information content (AvgIpc) is 3.88. The van der Waals surface area contributed by atoms with Crippen molar-refractivity contribution in [2.75, 3.05) is 31.2 Å². The number of aromatic nitrogens is 2. The molecule has 0 bridgehead atoms. The maximum absolute atomic E-state index is 12.5. The van der Waals surface area contributed by atoms with E-state index in [1.54, 1.807) is 56.4 Å². The predicted molar refractivity (Wildman–Crippen MR) is 221 cm³/mol. The SMILES string of the molecule is CC(NC(=O)OC(C)(C)C)C(=O)N[C@@H](C)C(=O)OCCOc1ccc(-c2c(C#N)c(SCc3csc(C4=CCC(C)(Cl)C=C4)n3)nc(N3CCCC3)c2C#N)cc1. The Kier molecular flexibility index (Phi) is 14.3. The molecule has 3 aromatic rings. The van der Waals surface area contributed by atoms with E-state index in [0.29, 0.717) is 44.6 Å². The number of esters is 1. The van der Waals surface area contributed by atoms with E-state index < -0.39 is 40.5 Å². The summed E-state index contributed by atoms with van der Waals surface area (Å²) >= 11 is 9.43. The third kappa shape index (κ3) is 11.7. The molecule has 3 heterocycles. The number of nitrogens with zero attached hydrogens (tertiary/aromatic N) is 5. The van der Waals surface area contributed by atoms with Crippen molar-refractivity contribution in [2.45, 2.75) is 94.1 Å². The zero-order chi connectivity index (χ0) is 41.3. The molecular weight excluding hydrogens is 786 g/mol. The molecule has 2 N–H and O–H groups in total. The lowest BCUT2D eigenvalue weighted by Gasteiger charge is -2.22. The van der Waals surface area contributed by atoms with E-state index >= 15 is 0 Å². The third-order valence-electron chi connectivity index (χ3n) is 8.84. The normalized spacial score (nSPS) is 17.4. The maximum Gasteiger partial charge on any atom is 0.408 e. The number of anilines is 1. The van der Waals surface area contributed by atoms with E-state index in [1.807, 2.05) is 24.5 Å². The number of rotatable bonds is 14. The number of nitrogens with one attached hydrogen (secondary N) is 2. The number of alkyl carbamates (subject to hydrolysis) is 1. The van der Waals surface area contributed by atoms with Gasteiger partial charge in [0.05, 0.1) is 16.1 Å². The summed E-state index contributed by atoms with van der Waals surface area (Å²) in [5, 5.41) is 29.3. The molecule has 2 amide bonds. The first-order valence-electron chi connectivity index (χ1n) is 18.6. The fourth-order valence-electron chi connectivity index (χ4n) is 5.92. The summed E-state index contributed by atoms with van der Waals surface area (Å²) in [5.41, 5.74) is 2.99. The summed E-state index contributed by atoms with van der Waals surface area (Å²) in [7, 11) is 0. The van der Waals surface area contributed by atoms with Crippen molar-refractivity contribution in [2.24, 2.45) is 0 Å². The summed E-state index contributed by atoms with van der Waals surface area (Å²) in [6.07, 6.45) is 8.04. The summed E-state index contributed by atoms with van der Waals surface area (Å²) in [6.45, 7) is 11.5. The topological polar surface area (TPSA) is 180 Å². The molecule has 1 saturated heterocycles. The van der Waals surface area contributed by atoms with Gasteiger partial charge in [0.2, 0.25) is 5.91 Å². The first kappa shape index (κ1) is 43.0. The van der Waals surface area contributed by atoms with Crippen LogP contribution in [0.2, 0.25) is 0 Å². The van der Waals surface area contributed by atoms with Gasteiger partial charge < -0.3 is 29.7 Å². The lowest BCUT2D eigenvalue weighted by molar-refractivity contribution is -0.148. The minimum Gasteiger partial charge on any atom is -0.490 e. The Morgan fingerprint density at radius 3 is 2.37 bits per heavy atom. The van der Waals surface area contributed by atoms with Gasteiger partial charge in [-0.3, -0.25) is 4.79 Å². The van der Waals surface area contributed by atoms with Crippen molar-refractivity contribution in [3.8, 4) is 29.0 Å². The van der Waals surface area contributed by atoms with E-state index in [0.717, 1.165) is 48.6 Å². The number of benzene rings is 1. The predicted octanol–water partition coefficient (Wildman–Crippen LogP) is 7.52. The maximum atomic E-state index is 12.5. The lowest BCUT2D eigenvalue weighted by Crippen LogP contribution is -2.50. The second-order valence-corrected chi connectivity index (χ2v) is 17.5. The second kappa shape index (κ2) is 18.9. The molecule has 1 fully saturated rings. The molecule has 0 spiro atoms. The second-order valence-electron chi connectivity index (χ2n) is 14.8. The van der Waals surface area contributed by atoms with Crippen LogP contribution in [0.4, 0.5) is 10.6 Å². The van der Waals surface area contributed by atoms with Crippen LogP contribution in [0.25, 0.3) is 16.7 Å². The molecule has 57 heavy (non-hydrogen) atoms. The van der Waals surface area contributed by atoms with Crippen molar-refractivity contribution < 1.29 is 28.6 Å². The molecule has 1 aliphatic heterocycles. The van der Waals surface area contributed by atoms with Gasteiger partial charge in [0, 0.05) is 35.4 Å². The van der Waals surface area contributed by atoms with Crippen LogP contribution < -0.4 is 20.3 Å². The highest BCUT2D eigenvalue weighted by atomic mass is 35.5. The van der Waals surface area contributed by atoms with E-state index in [2.05, 4.69) is 33.7 Å². The number of allylic oxidation sites excluding steroid dienone is 4. The summed E-state index contributed by atoms with van der Waals surface area (Å²) in [6, 6.07) is 9.78. The van der Waals surface area contributed by atoms with Crippen LogP contribution in [0.3, 0.4) is 0 Å². The number of carbonyl (C=O) groups is 3. The smallest absolute Gasteiger partial charge is 0.408 e. The number of hydrogen-bond acceptors (Lipinski definition) is 13. The van der Waals surface area contributed by atoms with Gasteiger partial charge in [0.25, 0.3) is 0 Å². The Morgan fingerprint density at radius 2 is 1.74 bits per heavy atom. The third-order valence-corrected chi connectivity index (χ3v) is 11.1. The van der Waals surface area contributed by atoms with E-state index in [9.17, 15) is 24.9 Å². The van der Waals surface area contributed by atoms with Gasteiger partial charge in [-0.1, -0.05) is 42.1 Å². The minimum absolute atomic E-state index is 0.0302. The number of halogens is 1. The molecule has 2 aromatic heterocycles. The molecule has 2 aliphatic rings. The Bertz CT molecular complexity index is 2110. The minimum atomic E-state index is -0.976. The Labute approximate surface area is 346 Å². The number of nitriles is 2. The highest BCUT2D eigenvalue weighted by molar-refractivity contribution is 7.98. The van der Waals surface area contributed by atoms with Crippen molar-refractivity contribution in [3.63, 3.8) is 0 Å². The molecule has 300 valence electrons. The van der Waals surface area contributed by atoms with Crippen LogP contribution in [0.15, 0.2) is 52.9 Å². The summed E-state index contributed by atoms with van der Waals surface area (Å²) in [4.78, 5) is 48.5. The van der Waals surface area contributed by atoms with Crippen molar-refractivity contribution in [1.82, 2.24) is 20.6 Å². The number of hydrogen-bond donors (Lipinski definition) is 2. The van der Waals surface area contributed by atoms with E-state index in [-0.39, 0.29) is 13.2 Å². The Morgan fingerprint density at radius 1 is 1.04 bits per heavy atom. The van der Waals surface area contributed by atoms with Crippen LogP contribution in [0.5, 0.6) is 5.75 Å². The molecular formula is C41H46ClN7O6S2. The highest BCUT2D eigenvalue weighted by Crippen LogP contribution is 2.40. The molecule has 1 aliphatic carbocycles. The quantitative estimate of drug-likeness (QED) is 0.0707. The van der Waals surface area contributed by atoms with Gasteiger partial charge in [-0.15, -0.1) is 22.9 Å². The molecule has 1 aromatic carbocycles. The standard InChI is InChI=1S/C41H46ClN7O6S2/c1-25(46-39(52)55-40(3,4)5)35(50)45-26(2)38(51)54-20-19-53-30-11-9-27(10-12-30)33-31(21-43)34(49-17-7-8-18-49)48-37(32(33)22-44)57-24-29-23-56-36(47-29)28-13-15-41(6,42)16-14-28/h9-15,23,25-26H,7-8,16-20,24H2,1-6H3,(H,45,50)(H,46,52)/t25?,26-,41?/m0/s1. The highest BCUT2D eigenvalue weighted by Gasteiger charge is 2.28. The molecule has 2 unspecified atom stereocenters. The number of thiazole rings is 1. The van der Waals surface area contributed by atoms with Crippen LogP contribution in [-0.4, -0.2) is 76.8 Å². The van der Waals surface area contributed by atoms with E-state index in [1.165, 1.54) is 25.6 Å².